The van der Waals surface area contributed by atoms with Gasteiger partial charge in [-0.1, -0.05) is 6.07 Å². The molecule has 0 saturated carbocycles. The minimum absolute atomic E-state index is 0.162. The van der Waals surface area contributed by atoms with Crippen molar-refractivity contribution in [1.29, 1.82) is 0 Å². The van der Waals surface area contributed by atoms with Crippen molar-refractivity contribution >= 4 is 39.5 Å². The molecule has 1 unspecified atom stereocenters. The molecule has 0 bridgehead atoms. The van der Waals surface area contributed by atoms with Crippen LogP contribution >= 0.6 is 11.3 Å². The van der Waals surface area contributed by atoms with Crippen molar-refractivity contribution in [2.24, 2.45) is 0 Å². The number of H-pyrrole nitrogens is 1. The van der Waals surface area contributed by atoms with E-state index >= 15 is 0 Å². The molecular formula is C25H19F6N3O7S. The molecule has 0 saturated heterocycles. The Bertz CT molecular complexity index is 1540. The first-order valence-corrected chi connectivity index (χ1v) is 12.3. The second kappa shape index (κ2) is 12.9. The molecule has 0 spiro atoms. The number of fused-ring (bicyclic) bond motifs is 2. The molecule has 1 atom stereocenters. The van der Waals surface area contributed by atoms with E-state index in [0.717, 1.165) is 44.1 Å². The van der Waals surface area contributed by atoms with Gasteiger partial charge in [-0.05, 0) is 47.9 Å². The fraction of sp³-hybridized carbons (Fsp3) is 0.240. The van der Waals surface area contributed by atoms with Gasteiger partial charge in [0.25, 0.3) is 0 Å². The lowest BCUT2D eigenvalue weighted by molar-refractivity contribution is -0.193. The molecule has 5 rings (SSSR count). The molecule has 0 amide bonds. The summed E-state index contributed by atoms with van der Waals surface area (Å²) in [5.41, 5.74) is 4.71. The number of nitrogens with one attached hydrogen (secondary N) is 1. The molecule has 0 fully saturated rings. The van der Waals surface area contributed by atoms with Crippen molar-refractivity contribution in [3.63, 3.8) is 0 Å². The van der Waals surface area contributed by atoms with E-state index < -0.39 is 24.3 Å². The topological polar surface area (TPSA) is 152 Å². The number of carbonyl (C=O) groups is 3. The summed E-state index contributed by atoms with van der Waals surface area (Å²) in [4.78, 5) is 34.4. The number of aromatic amines is 1. The molecular weight excluding hydrogens is 600 g/mol. The number of rotatable bonds is 3. The summed E-state index contributed by atoms with van der Waals surface area (Å²) in [7, 11) is 1.39. The van der Waals surface area contributed by atoms with Gasteiger partial charge in [-0.2, -0.15) is 31.4 Å². The van der Waals surface area contributed by atoms with Crippen molar-refractivity contribution in [3.8, 4) is 16.9 Å². The zero-order valence-electron chi connectivity index (χ0n) is 21.1. The maximum absolute atomic E-state index is 11.8. The SMILES string of the molecule is COC(=O)c1ccc2c(c1)CC(c1nc3ccc(-c4cn[nH]c4)cc3s1)CO2.O=C(O)C(F)(F)F.O=C(O)C(F)(F)F. The number of esters is 1. The van der Waals surface area contributed by atoms with E-state index in [4.69, 9.17) is 34.3 Å². The van der Waals surface area contributed by atoms with Crippen molar-refractivity contribution in [1.82, 2.24) is 15.2 Å². The third kappa shape index (κ3) is 8.18. The van der Waals surface area contributed by atoms with Crippen molar-refractivity contribution in [2.45, 2.75) is 24.7 Å². The fourth-order valence-electron chi connectivity index (χ4n) is 3.50. The number of aliphatic carboxylic acids is 2. The zero-order chi connectivity index (χ0) is 31.2. The zero-order valence-corrected chi connectivity index (χ0v) is 21.9. The van der Waals surface area contributed by atoms with Gasteiger partial charge >= 0.3 is 30.3 Å². The van der Waals surface area contributed by atoms with E-state index in [-0.39, 0.29) is 11.9 Å². The molecule has 42 heavy (non-hydrogen) atoms. The van der Waals surface area contributed by atoms with Gasteiger partial charge in [0, 0.05) is 17.7 Å². The molecule has 0 radical (unpaired) electrons. The van der Waals surface area contributed by atoms with Crippen LogP contribution in [0.5, 0.6) is 5.75 Å². The van der Waals surface area contributed by atoms with Crippen LogP contribution in [0.1, 0.15) is 26.8 Å². The van der Waals surface area contributed by atoms with Crippen LogP contribution in [-0.4, -0.2) is 69.4 Å². The highest BCUT2D eigenvalue weighted by Gasteiger charge is 2.38. The molecule has 4 aromatic rings. The Kier molecular flexibility index (Phi) is 9.77. The molecule has 2 aromatic heterocycles. The van der Waals surface area contributed by atoms with Crippen molar-refractivity contribution in [2.75, 3.05) is 13.7 Å². The molecule has 2 aromatic carbocycles. The number of carboxylic acids is 2. The number of carboxylic acid groups (broad SMARTS) is 2. The quantitative estimate of drug-likeness (QED) is 0.201. The number of alkyl halides is 6. The van der Waals surface area contributed by atoms with Crippen LogP contribution < -0.4 is 4.74 Å². The summed E-state index contributed by atoms with van der Waals surface area (Å²) in [6, 6.07) is 11.7. The van der Waals surface area contributed by atoms with Crippen LogP contribution in [0.3, 0.4) is 0 Å². The van der Waals surface area contributed by atoms with Gasteiger partial charge in [-0.15, -0.1) is 11.3 Å². The van der Waals surface area contributed by atoms with E-state index in [0.29, 0.717) is 12.2 Å². The molecule has 3 N–H and O–H groups in total. The monoisotopic (exact) mass is 619 g/mol. The Morgan fingerprint density at radius 1 is 1.00 bits per heavy atom. The molecule has 224 valence electrons. The van der Waals surface area contributed by atoms with Crippen LogP contribution in [0.15, 0.2) is 48.8 Å². The lowest BCUT2D eigenvalue weighted by Gasteiger charge is -2.24. The molecule has 1 aliphatic rings. The number of hydrogen-bond donors (Lipinski definition) is 3. The summed E-state index contributed by atoms with van der Waals surface area (Å²) >= 11 is 1.69. The minimum atomic E-state index is -5.08. The summed E-state index contributed by atoms with van der Waals surface area (Å²) in [6.07, 6.45) is -5.68. The van der Waals surface area contributed by atoms with E-state index in [1.165, 1.54) is 7.11 Å². The maximum Gasteiger partial charge on any atom is 0.490 e. The smallest absolute Gasteiger partial charge is 0.490 e. The van der Waals surface area contributed by atoms with Crippen LogP contribution in [-0.2, 0) is 20.7 Å². The first-order chi connectivity index (χ1) is 19.6. The van der Waals surface area contributed by atoms with Gasteiger partial charge in [0.15, 0.2) is 0 Å². The Labute approximate surface area is 235 Å². The lowest BCUT2D eigenvalue weighted by Crippen LogP contribution is -2.21. The second-order valence-corrected chi connectivity index (χ2v) is 9.42. The van der Waals surface area contributed by atoms with Crippen LogP contribution in [0, 0.1) is 0 Å². The van der Waals surface area contributed by atoms with Crippen molar-refractivity contribution < 1.29 is 60.4 Å². The molecule has 0 aliphatic carbocycles. The summed E-state index contributed by atoms with van der Waals surface area (Å²) in [6.45, 7) is 0.582. The summed E-state index contributed by atoms with van der Waals surface area (Å²) in [5.74, 6) is -4.86. The number of aromatic nitrogens is 3. The van der Waals surface area contributed by atoms with Gasteiger partial charge in [-0.25, -0.2) is 19.4 Å². The Hall–Kier alpha value is -4.67. The third-order valence-electron chi connectivity index (χ3n) is 5.46. The highest BCUT2D eigenvalue weighted by atomic mass is 32.1. The van der Waals surface area contributed by atoms with Gasteiger partial charge in [0.2, 0.25) is 0 Å². The average Bonchev–Trinajstić information content (AvgIpc) is 3.61. The van der Waals surface area contributed by atoms with Crippen LogP contribution in [0.2, 0.25) is 0 Å². The highest BCUT2D eigenvalue weighted by Crippen LogP contribution is 2.37. The van der Waals surface area contributed by atoms with E-state index in [1.54, 1.807) is 17.4 Å². The average molecular weight is 619 g/mol. The molecule has 1 aliphatic heterocycles. The Morgan fingerprint density at radius 3 is 2.19 bits per heavy atom. The maximum atomic E-state index is 11.8. The fourth-order valence-corrected chi connectivity index (χ4v) is 4.59. The number of halogens is 6. The van der Waals surface area contributed by atoms with Gasteiger partial charge in [-0.3, -0.25) is 5.10 Å². The Morgan fingerprint density at radius 2 is 1.64 bits per heavy atom. The lowest BCUT2D eigenvalue weighted by atomic mass is 9.95. The number of methoxy groups -OCH3 is 1. The highest BCUT2D eigenvalue weighted by molar-refractivity contribution is 7.18. The second-order valence-electron chi connectivity index (χ2n) is 8.35. The number of ether oxygens (including phenoxy) is 2. The molecule has 17 heteroatoms. The van der Waals surface area contributed by atoms with Gasteiger partial charge in [0.1, 0.15) is 10.8 Å². The number of thiazole rings is 1. The number of nitrogens with zero attached hydrogens (tertiary/aromatic N) is 2. The van der Waals surface area contributed by atoms with Gasteiger partial charge < -0.3 is 19.7 Å². The summed E-state index contributed by atoms with van der Waals surface area (Å²) in [5, 5.41) is 22.2. The van der Waals surface area contributed by atoms with E-state index in [1.807, 2.05) is 30.6 Å². The molecule has 10 nitrogen and oxygen atoms in total. The largest absolute Gasteiger partial charge is 0.493 e. The number of benzene rings is 2. The Balaban J connectivity index is 0.000000289. The third-order valence-corrected chi connectivity index (χ3v) is 6.64. The summed E-state index contributed by atoms with van der Waals surface area (Å²) < 4.78 is 75.4. The minimum Gasteiger partial charge on any atom is -0.493 e. The van der Waals surface area contributed by atoms with E-state index in [9.17, 15) is 31.1 Å². The molecule has 3 heterocycles. The van der Waals surface area contributed by atoms with Crippen molar-refractivity contribution in [3.05, 3.63) is 64.9 Å². The number of carbonyl (C=O) groups excluding carboxylic acids is 1. The van der Waals surface area contributed by atoms with Crippen LogP contribution in [0.4, 0.5) is 26.3 Å². The standard InChI is InChI=1S/C21H17N3O3S.2C2HF3O2/c1-26-21(25)13-3-5-18-14(6-13)7-15(11-27-18)20-24-17-4-2-12(8-19(17)28-20)16-9-22-23-10-16;2*3-2(4,5)1(6)7/h2-6,8-10,15H,7,11H2,1H3,(H,22,23);2*(H,6,7). The predicted molar refractivity (Wildman–Crippen MR) is 134 cm³/mol. The first kappa shape index (κ1) is 31.9. The van der Waals surface area contributed by atoms with E-state index in [2.05, 4.69) is 22.3 Å². The first-order valence-electron chi connectivity index (χ1n) is 11.4. The normalized spacial score (nSPS) is 14.3. The predicted octanol–water partition coefficient (Wildman–Crippen LogP) is 5.46. The van der Waals surface area contributed by atoms with Crippen LogP contribution in [0.25, 0.3) is 21.3 Å². The number of hydrogen-bond acceptors (Lipinski definition) is 8. The van der Waals surface area contributed by atoms with Gasteiger partial charge in [0.05, 0.1) is 35.7 Å².